The second-order valence-corrected chi connectivity index (χ2v) is 9.75. The number of unbranched alkanes of at least 4 members (excludes halogenated alkanes) is 1. The van der Waals surface area contributed by atoms with E-state index in [1.165, 1.54) is 19.1 Å². The molecule has 1 amide bonds. The molecule has 0 saturated carbocycles. The van der Waals surface area contributed by atoms with Crippen LogP contribution >= 0.6 is 0 Å². The van der Waals surface area contributed by atoms with Gasteiger partial charge in [0.15, 0.2) is 34.4 Å². The number of ether oxygens (including phenoxy) is 3. The fourth-order valence-corrected chi connectivity index (χ4v) is 5.05. The number of ketones is 1. The molecule has 1 unspecified atom stereocenters. The second-order valence-electron chi connectivity index (χ2n) is 9.75. The standard InChI is InChI=1S/C31H33N3O7/c1-4-5-16-40-22-11-10-20(17-24(22)39-3)27-26(28(35)25-18-21-8-6-9-23(38-2)30(21)41-25)29(36)31(37)34(27)14-7-13-33-15-12-32-19-33/h6,8-12,15,17-19,27,36H,4-5,7,13-14,16H2,1-3H3. The first-order valence-corrected chi connectivity index (χ1v) is 13.6. The van der Waals surface area contributed by atoms with Gasteiger partial charge in [0.2, 0.25) is 5.78 Å². The lowest BCUT2D eigenvalue weighted by atomic mass is 9.94. The molecule has 4 aromatic rings. The molecule has 1 aliphatic heterocycles. The molecule has 0 radical (unpaired) electrons. The summed E-state index contributed by atoms with van der Waals surface area (Å²) in [6, 6.07) is 11.4. The maximum absolute atomic E-state index is 14.0. The Balaban J connectivity index is 1.52. The number of hydrogen-bond acceptors (Lipinski definition) is 8. The van der Waals surface area contributed by atoms with Crippen molar-refractivity contribution >= 4 is 22.7 Å². The highest BCUT2D eigenvalue weighted by atomic mass is 16.5. The number of hydrogen-bond donors (Lipinski definition) is 1. The van der Waals surface area contributed by atoms with Crippen molar-refractivity contribution in [3.63, 3.8) is 0 Å². The third kappa shape index (κ3) is 5.50. The van der Waals surface area contributed by atoms with Gasteiger partial charge in [0, 0.05) is 30.9 Å². The van der Waals surface area contributed by atoms with Gasteiger partial charge in [-0.15, -0.1) is 0 Å². The van der Waals surface area contributed by atoms with E-state index in [9.17, 15) is 14.7 Å². The summed E-state index contributed by atoms with van der Waals surface area (Å²) >= 11 is 0. The number of amides is 1. The molecule has 0 fully saturated rings. The Kier molecular flexibility index (Phi) is 8.28. The van der Waals surface area contributed by atoms with Crippen LogP contribution in [0.25, 0.3) is 11.0 Å². The zero-order valence-corrected chi connectivity index (χ0v) is 23.3. The van der Waals surface area contributed by atoms with Crippen LogP contribution in [0.3, 0.4) is 0 Å². The zero-order chi connectivity index (χ0) is 28.9. The van der Waals surface area contributed by atoms with Gasteiger partial charge in [0.05, 0.1) is 38.8 Å². The lowest BCUT2D eigenvalue weighted by Crippen LogP contribution is -2.32. The number of methoxy groups -OCH3 is 2. The Bertz CT molecular complexity index is 1570. The number of imidazole rings is 1. The molecule has 0 aliphatic carbocycles. The molecule has 10 nitrogen and oxygen atoms in total. The van der Waals surface area contributed by atoms with Gasteiger partial charge in [-0.05, 0) is 42.7 Å². The summed E-state index contributed by atoms with van der Waals surface area (Å²) < 4.78 is 24.7. The number of nitrogens with zero attached hydrogens (tertiary/aromatic N) is 3. The van der Waals surface area contributed by atoms with Crippen molar-refractivity contribution in [2.45, 2.75) is 38.8 Å². The van der Waals surface area contributed by atoms with Crippen molar-refractivity contribution in [3.8, 4) is 17.2 Å². The highest BCUT2D eigenvalue weighted by molar-refractivity contribution is 6.16. The van der Waals surface area contributed by atoms with E-state index in [0.29, 0.717) is 53.4 Å². The maximum atomic E-state index is 14.0. The predicted octanol–water partition coefficient (Wildman–Crippen LogP) is 5.49. The number of rotatable bonds is 13. The number of aromatic nitrogens is 2. The molecule has 0 spiro atoms. The molecule has 0 saturated heterocycles. The molecule has 10 heteroatoms. The van der Waals surface area contributed by atoms with E-state index in [1.807, 2.05) is 10.8 Å². The van der Waals surface area contributed by atoms with Crippen LogP contribution in [-0.4, -0.2) is 58.6 Å². The van der Waals surface area contributed by atoms with Crippen LogP contribution in [0, 0.1) is 0 Å². The molecule has 0 bridgehead atoms. The largest absolute Gasteiger partial charge is 0.503 e. The Labute approximate surface area is 237 Å². The van der Waals surface area contributed by atoms with Crippen LogP contribution in [-0.2, 0) is 11.3 Å². The molecule has 5 rings (SSSR count). The van der Waals surface area contributed by atoms with Crippen molar-refractivity contribution in [1.82, 2.24) is 14.5 Å². The SMILES string of the molecule is CCCCOc1ccc(C2C(C(=O)c3cc4cccc(OC)c4o3)=C(O)C(=O)N2CCCn2ccnc2)cc1OC. The van der Waals surface area contributed by atoms with Crippen LogP contribution in [0.4, 0.5) is 0 Å². The summed E-state index contributed by atoms with van der Waals surface area (Å²) in [6.45, 7) is 3.51. The van der Waals surface area contributed by atoms with Crippen molar-refractivity contribution in [1.29, 1.82) is 0 Å². The molecule has 3 heterocycles. The highest BCUT2D eigenvalue weighted by Gasteiger charge is 2.44. The summed E-state index contributed by atoms with van der Waals surface area (Å²) in [6.07, 6.45) is 7.68. The Morgan fingerprint density at radius 1 is 1.05 bits per heavy atom. The smallest absolute Gasteiger partial charge is 0.290 e. The van der Waals surface area contributed by atoms with Crippen molar-refractivity contribution < 1.29 is 33.3 Å². The number of fused-ring (bicyclic) bond motifs is 1. The van der Waals surface area contributed by atoms with Crippen LogP contribution in [0.15, 0.2) is 76.9 Å². The van der Waals surface area contributed by atoms with Gasteiger partial charge in [-0.25, -0.2) is 4.98 Å². The first kappa shape index (κ1) is 27.8. The third-order valence-electron chi connectivity index (χ3n) is 7.13. The van der Waals surface area contributed by atoms with Gasteiger partial charge < -0.3 is 33.2 Å². The summed E-state index contributed by atoms with van der Waals surface area (Å²) in [4.78, 5) is 33.0. The molecule has 1 aliphatic rings. The van der Waals surface area contributed by atoms with Crippen molar-refractivity contribution in [3.05, 3.63) is 83.8 Å². The molecule has 1 N–H and O–H groups in total. The molecule has 1 atom stereocenters. The summed E-state index contributed by atoms with van der Waals surface area (Å²) in [5, 5.41) is 11.8. The summed E-state index contributed by atoms with van der Waals surface area (Å²) in [7, 11) is 3.05. The average Bonchev–Trinajstić information content (AvgIpc) is 3.72. The first-order chi connectivity index (χ1) is 20.0. The third-order valence-corrected chi connectivity index (χ3v) is 7.13. The van der Waals surface area contributed by atoms with Crippen LogP contribution in [0.2, 0.25) is 0 Å². The van der Waals surface area contributed by atoms with Gasteiger partial charge >= 0.3 is 0 Å². The van der Waals surface area contributed by atoms with E-state index in [-0.39, 0.29) is 17.9 Å². The predicted molar refractivity (Wildman–Crippen MR) is 151 cm³/mol. The Morgan fingerprint density at radius 2 is 1.88 bits per heavy atom. The first-order valence-electron chi connectivity index (χ1n) is 13.6. The quantitative estimate of drug-likeness (QED) is 0.169. The minimum atomic E-state index is -0.869. The fourth-order valence-electron chi connectivity index (χ4n) is 5.05. The molecule has 2 aromatic heterocycles. The minimum Gasteiger partial charge on any atom is -0.503 e. The second kappa shape index (κ2) is 12.2. The van der Waals surface area contributed by atoms with Gasteiger partial charge in [-0.1, -0.05) is 31.5 Å². The number of Topliss-reactive ketones (excluding diaryl/α,β-unsaturated/α-hetero) is 1. The van der Waals surface area contributed by atoms with E-state index >= 15 is 0 Å². The lowest BCUT2D eigenvalue weighted by molar-refractivity contribution is -0.129. The number of aliphatic hydroxyl groups is 1. The number of aliphatic hydroxyl groups excluding tert-OH is 1. The molecule has 2 aromatic carbocycles. The van der Waals surface area contributed by atoms with Crippen LogP contribution in [0.1, 0.15) is 48.3 Å². The highest BCUT2D eigenvalue weighted by Crippen LogP contribution is 2.42. The van der Waals surface area contributed by atoms with E-state index in [4.69, 9.17) is 18.6 Å². The normalized spacial score (nSPS) is 15.1. The van der Waals surface area contributed by atoms with E-state index < -0.39 is 23.5 Å². The van der Waals surface area contributed by atoms with Crippen LogP contribution in [0.5, 0.6) is 17.2 Å². The molecule has 214 valence electrons. The fraction of sp³-hybridized carbons (Fsp3) is 0.323. The number of aryl methyl sites for hydroxylation is 1. The maximum Gasteiger partial charge on any atom is 0.290 e. The van der Waals surface area contributed by atoms with E-state index in [0.717, 1.165) is 12.8 Å². The zero-order valence-electron chi connectivity index (χ0n) is 23.3. The van der Waals surface area contributed by atoms with Gasteiger partial charge in [-0.2, -0.15) is 0 Å². The number of benzene rings is 2. The van der Waals surface area contributed by atoms with Gasteiger partial charge in [-0.3, -0.25) is 9.59 Å². The van der Waals surface area contributed by atoms with Crippen molar-refractivity contribution in [2.24, 2.45) is 0 Å². The summed E-state index contributed by atoms with van der Waals surface area (Å²) in [5.74, 6) is -0.309. The van der Waals surface area contributed by atoms with Crippen LogP contribution < -0.4 is 14.2 Å². The lowest BCUT2D eigenvalue weighted by Gasteiger charge is -2.27. The number of para-hydroxylation sites is 1. The van der Waals surface area contributed by atoms with E-state index in [1.54, 1.807) is 55.0 Å². The number of furan rings is 1. The Morgan fingerprint density at radius 3 is 2.61 bits per heavy atom. The average molecular weight is 560 g/mol. The number of carbonyl (C=O) groups excluding carboxylic acids is 2. The minimum absolute atomic E-state index is 0.00407. The topological polar surface area (TPSA) is 116 Å². The monoisotopic (exact) mass is 559 g/mol. The molecule has 41 heavy (non-hydrogen) atoms. The number of carbonyl (C=O) groups is 2. The molecular weight excluding hydrogens is 526 g/mol. The van der Waals surface area contributed by atoms with Gasteiger partial charge in [0.1, 0.15) is 0 Å². The van der Waals surface area contributed by atoms with Crippen molar-refractivity contribution in [2.75, 3.05) is 27.4 Å². The Hall–Kier alpha value is -4.73. The van der Waals surface area contributed by atoms with E-state index in [2.05, 4.69) is 11.9 Å². The summed E-state index contributed by atoms with van der Waals surface area (Å²) in [5.41, 5.74) is 0.950. The van der Waals surface area contributed by atoms with Gasteiger partial charge in [0.25, 0.3) is 5.91 Å². The molecular formula is C31H33N3O7.